The summed E-state index contributed by atoms with van der Waals surface area (Å²) in [4.78, 5) is 13.8. The van der Waals surface area contributed by atoms with Crippen LogP contribution in [0.1, 0.15) is 0 Å². The van der Waals surface area contributed by atoms with E-state index in [4.69, 9.17) is 16.7 Å². The van der Waals surface area contributed by atoms with Gasteiger partial charge in [-0.05, 0) is 12.1 Å². The minimum Gasteiger partial charge on any atom is -0.465 e. The summed E-state index contributed by atoms with van der Waals surface area (Å²) in [6.07, 6.45) is 0.229. The quantitative estimate of drug-likeness (QED) is 0.679. The Hall–Kier alpha value is -1.29. The van der Waals surface area contributed by atoms with Crippen LogP contribution in [0.5, 0.6) is 0 Å². The van der Waals surface area contributed by atoms with Gasteiger partial charge in [0.1, 0.15) is 5.82 Å². The number of halogens is 1. The van der Waals surface area contributed by atoms with Crippen molar-refractivity contribution >= 4 is 23.5 Å². The van der Waals surface area contributed by atoms with Crippen molar-refractivity contribution in [1.29, 1.82) is 0 Å². The Balaban J connectivity index is 2.74. The number of carbonyl (C=O) groups is 1. The molecule has 0 radical (unpaired) electrons. The average molecular weight is 173 g/mol. The van der Waals surface area contributed by atoms with Crippen LogP contribution in [0, 0.1) is 0 Å². The molecule has 1 heterocycles. The standard InChI is InChI=1S/C6H5ClN2O2/c7-4-1-2-5(8-3-4)9-6(10)11/h1-3H,(H,8,9)(H,10,11). The molecule has 0 fully saturated rings. The Morgan fingerprint density at radius 1 is 1.64 bits per heavy atom. The number of amides is 1. The topological polar surface area (TPSA) is 62.2 Å². The Morgan fingerprint density at radius 3 is 2.82 bits per heavy atom. The fraction of sp³-hybridized carbons (Fsp3) is 0. The van der Waals surface area contributed by atoms with E-state index in [9.17, 15) is 4.79 Å². The Bertz CT molecular complexity index is 260. The van der Waals surface area contributed by atoms with Gasteiger partial charge in [0.05, 0.1) is 5.02 Å². The van der Waals surface area contributed by atoms with Crippen molar-refractivity contribution in [2.75, 3.05) is 5.32 Å². The number of hydrogen-bond acceptors (Lipinski definition) is 2. The van der Waals surface area contributed by atoms with E-state index in [1.807, 2.05) is 0 Å². The molecule has 1 aromatic heterocycles. The summed E-state index contributed by atoms with van der Waals surface area (Å²) in [6.45, 7) is 0. The van der Waals surface area contributed by atoms with E-state index < -0.39 is 6.09 Å². The minimum absolute atomic E-state index is 0.266. The zero-order valence-electron chi connectivity index (χ0n) is 5.41. The molecule has 1 aromatic rings. The van der Waals surface area contributed by atoms with Gasteiger partial charge in [-0.3, -0.25) is 5.32 Å². The summed E-state index contributed by atoms with van der Waals surface area (Å²) in [7, 11) is 0. The Kier molecular flexibility index (Phi) is 2.28. The number of aromatic nitrogens is 1. The van der Waals surface area contributed by atoms with Crippen molar-refractivity contribution in [3.8, 4) is 0 Å². The monoisotopic (exact) mass is 172 g/mol. The highest BCUT2D eigenvalue weighted by molar-refractivity contribution is 6.30. The summed E-state index contributed by atoms with van der Waals surface area (Å²) >= 11 is 5.51. The normalized spacial score (nSPS) is 9.18. The number of anilines is 1. The maximum atomic E-state index is 10.1. The average Bonchev–Trinajstić information content (AvgIpc) is 1.93. The minimum atomic E-state index is -1.14. The SMILES string of the molecule is O=C(O)Nc1ccc(Cl)cn1. The number of hydrogen-bond donors (Lipinski definition) is 2. The first kappa shape index (κ1) is 7.81. The fourth-order valence-corrected chi connectivity index (χ4v) is 0.671. The molecule has 0 saturated carbocycles. The summed E-state index contributed by atoms with van der Waals surface area (Å²) in [5, 5.41) is 10.8. The summed E-state index contributed by atoms with van der Waals surface area (Å²) in [5.41, 5.74) is 0. The molecule has 0 aliphatic carbocycles. The lowest BCUT2D eigenvalue weighted by Crippen LogP contribution is -2.08. The summed E-state index contributed by atoms with van der Waals surface area (Å²) < 4.78 is 0. The van der Waals surface area contributed by atoms with Gasteiger partial charge in [0.25, 0.3) is 0 Å². The summed E-state index contributed by atoms with van der Waals surface area (Å²) in [5.74, 6) is 0.266. The first-order chi connectivity index (χ1) is 5.18. The number of carboxylic acid groups (broad SMARTS) is 1. The van der Waals surface area contributed by atoms with Crippen LogP contribution in [-0.2, 0) is 0 Å². The smallest absolute Gasteiger partial charge is 0.410 e. The van der Waals surface area contributed by atoms with Crippen LogP contribution in [0.4, 0.5) is 10.6 Å². The van der Waals surface area contributed by atoms with E-state index in [-0.39, 0.29) is 5.82 Å². The molecule has 5 heteroatoms. The van der Waals surface area contributed by atoms with E-state index in [0.717, 1.165) is 0 Å². The molecule has 0 saturated heterocycles. The Labute approximate surface area is 67.8 Å². The van der Waals surface area contributed by atoms with Crippen LogP contribution in [0.2, 0.25) is 5.02 Å². The number of nitrogens with zero attached hydrogens (tertiary/aromatic N) is 1. The van der Waals surface area contributed by atoms with Crippen LogP contribution in [0.25, 0.3) is 0 Å². The lowest BCUT2D eigenvalue weighted by atomic mass is 10.5. The van der Waals surface area contributed by atoms with E-state index in [2.05, 4.69) is 10.3 Å². The second-order valence-electron chi connectivity index (χ2n) is 1.79. The molecule has 0 aromatic carbocycles. The van der Waals surface area contributed by atoms with Crippen LogP contribution < -0.4 is 5.32 Å². The lowest BCUT2D eigenvalue weighted by Gasteiger charge is -1.97. The van der Waals surface area contributed by atoms with Crippen LogP contribution in [0.3, 0.4) is 0 Å². The van der Waals surface area contributed by atoms with Gasteiger partial charge in [-0.1, -0.05) is 11.6 Å². The van der Waals surface area contributed by atoms with Gasteiger partial charge in [-0.25, -0.2) is 9.78 Å². The van der Waals surface area contributed by atoms with Crippen molar-refractivity contribution in [2.45, 2.75) is 0 Å². The fourth-order valence-electron chi connectivity index (χ4n) is 0.559. The van der Waals surface area contributed by atoms with Crippen molar-refractivity contribution in [1.82, 2.24) is 4.98 Å². The van der Waals surface area contributed by atoms with Crippen molar-refractivity contribution < 1.29 is 9.90 Å². The van der Waals surface area contributed by atoms with Gasteiger partial charge in [0.2, 0.25) is 0 Å². The molecule has 11 heavy (non-hydrogen) atoms. The largest absolute Gasteiger partial charge is 0.465 e. The highest BCUT2D eigenvalue weighted by Crippen LogP contribution is 2.08. The predicted molar refractivity (Wildman–Crippen MR) is 40.9 cm³/mol. The van der Waals surface area contributed by atoms with Gasteiger partial charge in [-0.15, -0.1) is 0 Å². The van der Waals surface area contributed by atoms with Crippen LogP contribution >= 0.6 is 11.6 Å². The third-order valence-electron chi connectivity index (χ3n) is 0.962. The third kappa shape index (κ3) is 2.43. The molecule has 1 rings (SSSR count). The second-order valence-corrected chi connectivity index (χ2v) is 2.23. The zero-order valence-corrected chi connectivity index (χ0v) is 6.17. The zero-order chi connectivity index (χ0) is 8.27. The molecule has 0 unspecified atom stereocenters. The van der Waals surface area contributed by atoms with E-state index in [1.54, 1.807) is 6.07 Å². The Morgan fingerprint density at radius 2 is 2.36 bits per heavy atom. The molecule has 0 atom stereocenters. The molecule has 58 valence electrons. The molecule has 0 bridgehead atoms. The maximum absolute atomic E-state index is 10.1. The summed E-state index contributed by atoms with van der Waals surface area (Å²) in [6, 6.07) is 3.04. The number of rotatable bonds is 1. The van der Waals surface area contributed by atoms with Gasteiger partial charge < -0.3 is 5.11 Å². The molecule has 0 spiro atoms. The molecule has 1 amide bonds. The van der Waals surface area contributed by atoms with Crippen molar-refractivity contribution in [3.63, 3.8) is 0 Å². The van der Waals surface area contributed by atoms with Gasteiger partial charge >= 0.3 is 6.09 Å². The van der Waals surface area contributed by atoms with Crippen LogP contribution in [-0.4, -0.2) is 16.2 Å². The van der Waals surface area contributed by atoms with E-state index in [1.165, 1.54) is 12.3 Å². The number of nitrogens with one attached hydrogen (secondary N) is 1. The molecular formula is C6H5ClN2O2. The van der Waals surface area contributed by atoms with E-state index in [0.29, 0.717) is 5.02 Å². The van der Waals surface area contributed by atoms with Crippen molar-refractivity contribution in [2.24, 2.45) is 0 Å². The molecule has 0 aliphatic heterocycles. The first-order valence-corrected chi connectivity index (χ1v) is 3.18. The first-order valence-electron chi connectivity index (χ1n) is 2.80. The second kappa shape index (κ2) is 3.21. The number of pyridine rings is 1. The lowest BCUT2D eigenvalue weighted by molar-refractivity contribution is 0.209. The van der Waals surface area contributed by atoms with Crippen LogP contribution in [0.15, 0.2) is 18.3 Å². The van der Waals surface area contributed by atoms with Crippen molar-refractivity contribution in [3.05, 3.63) is 23.4 Å². The molecule has 0 aliphatic rings. The predicted octanol–water partition coefficient (Wildman–Crippen LogP) is 1.82. The van der Waals surface area contributed by atoms with E-state index >= 15 is 0 Å². The van der Waals surface area contributed by atoms with Gasteiger partial charge in [0, 0.05) is 6.20 Å². The molecular weight excluding hydrogens is 168 g/mol. The highest BCUT2D eigenvalue weighted by atomic mass is 35.5. The maximum Gasteiger partial charge on any atom is 0.410 e. The molecule has 4 nitrogen and oxygen atoms in total. The highest BCUT2D eigenvalue weighted by Gasteiger charge is 1.96. The van der Waals surface area contributed by atoms with Gasteiger partial charge in [-0.2, -0.15) is 0 Å². The van der Waals surface area contributed by atoms with Gasteiger partial charge in [0.15, 0.2) is 0 Å². The third-order valence-corrected chi connectivity index (χ3v) is 1.19. The molecule has 2 N–H and O–H groups in total.